The highest BCUT2D eigenvalue weighted by Crippen LogP contribution is 2.12. The van der Waals surface area contributed by atoms with Gasteiger partial charge in [0.05, 0.1) is 6.54 Å². The fourth-order valence-corrected chi connectivity index (χ4v) is 2.96. The quantitative estimate of drug-likeness (QED) is 0.911. The van der Waals surface area contributed by atoms with Crippen molar-refractivity contribution in [3.8, 4) is 0 Å². The second-order valence-corrected chi connectivity index (χ2v) is 6.22. The van der Waals surface area contributed by atoms with E-state index in [1.165, 1.54) is 5.56 Å². The molecule has 126 valence electrons. The maximum atomic E-state index is 12.1. The molecule has 0 radical (unpaired) electrons. The van der Waals surface area contributed by atoms with Crippen LogP contribution in [0.25, 0.3) is 0 Å². The van der Waals surface area contributed by atoms with Gasteiger partial charge in [-0.15, -0.1) is 0 Å². The minimum absolute atomic E-state index is 0.0859. The summed E-state index contributed by atoms with van der Waals surface area (Å²) in [4.78, 5) is 21.0. The number of aryl methyl sites for hydroxylation is 1. The third kappa shape index (κ3) is 4.55. The lowest BCUT2D eigenvalue weighted by molar-refractivity contribution is -0.122. The first-order chi connectivity index (χ1) is 11.7. The Morgan fingerprint density at radius 2 is 1.96 bits per heavy atom. The van der Waals surface area contributed by atoms with Crippen LogP contribution in [0, 0.1) is 6.92 Å². The van der Waals surface area contributed by atoms with Crippen LogP contribution in [-0.2, 0) is 11.3 Å². The minimum Gasteiger partial charge on any atom is -0.354 e. The maximum absolute atomic E-state index is 12.1. The SMILES string of the molecule is Cc1cccc(CNC(=O)CN2CCN(c3ccccn3)CC2)c1. The second kappa shape index (κ2) is 7.93. The van der Waals surface area contributed by atoms with E-state index in [2.05, 4.69) is 39.2 Å². The number of carbonyl (C=O) groups excluding carboxylic acids is 1. The van der Waals surface area contributed by atoms with Gasteiger partial charge in [0.15, 0.2) is 0 Å². The number of anilines is 1. The summed E-state index contributed by atoms with van der Waals surface area (Å²) in [5.41, 5.74) is 2.36. The highest BCUT2D eigenvalue weighted by Gasteiger charge is 2.19. The number of piperazine rings is 1. The average Bonchev–Trinajstić information content (AvgIpc) is 2.61. The molecule has 5 nitrogen and oxygen atoms in total. The Hall–Kier alpha value is -2.40. The molecular formula is C19H24N4O. The zero-order valence-corrected chi connectivity index (χ0v) is 14.1. The van der Waals surface area contributed by atoms with E-state index in [-0.39, 0.29) is 5.91 Å². The third-order valence-corrected chi connectivity index (χ3v) is 4.28. The van der Waals surface area contributed by atoms with Crippen LogP contribution in [0.5, 0.6) is 0 Å². The monoisotopic (exact) mass is 324 g/mol. The number of nitrogens with zero attached hydrogens (tertiary/aromatic N) is 3. The van der Waals surface area contributed by atoms with Crippen molar-refractivity contribution in [2.24, 2.45) is 0 Å². The lowest BCUT2D eigenvalue weighted by atomic mass is 10.1. The zero-order chi connectivity index (χ0) is 16.8. The van der Waals surface area contributed by atoms with Gasteiger partial charge in [0, 0.05) is 38.9 Å². The van der Waals surface area contributed by atoms with E-state index >= 15 is 0 Å². The van der Waals surface area contributed by atoms with E-state index < -0.39 is 0 Å². The first-order valence-electron chi connectivity index (χ1n) is 8.41. The molecule has 2 heterocycles. The van der Waals surface area contributed by atoms with Gasteiger partial charge >= 0.3 is 0 Å². The van der Waals surface area contributed by atoms with Crippen LogP contribution in [-0.4, -0.2) is 48.5 Å². The molecule has 1 saturated heterocycles. The van der Waals surface area contributed by atoms with Gasteiger partial charge in [-0.2, -0.15) is 0 Å². The zero-order valence-electron chi connectivity index (χ0n) is 14.1. The van der Waals surface area contributed by atoms with Crippen molar-refractivity contribution in [1.82, 2.24) is 15.2 Å². The predicted molar refractivity (Wildman–Crippen MR) is 95.9 cm³/mol. The number of amides is 1. The molecule has 0 bridgehead atoms. The summed E-state index contributed by atoms with van der Waals surface area (Å²) in [6.45, 7) is 6.69. The highest BCUT2D eigenvalue weighted by atomic mass is 16.2. The fourth-order valence-electron chi connectivity index (χ4n) is 2.96. The predicted octanol–water partition coefficient (Wildman–Crippen LogP) is 1.83. The first-order valence-corrected chi connectivity index (χ1v) is 8.41. The van der Waals surface area contributed by atoms with Crippen molar-refractivity contribution in [3.63, 3.8) is 0 Å². The highest BCUT2D eigenvalue weighted by molar-refractivity contribution is 5.78. The molecule has 1 N–H and O–H groups in total. The minimum atomic E-state index is 0.0859. The molecule has 0 aliphatic carbocycles. The average molecular weight is 324 g/mol. The summed E-state index contributed by atoms with van der Waals surface area (Å²) in [6.07, 6.45) is 1.82. The molecule has 1 aromatic carbocycles. The molecule has 1 amide bonds. The number of nitrogens with one attached hydrogen (secondary N) is 1. The molecule has 1 aliphatic heterocycles. The number of rotatable bonds is 5. The third-order valence-electron chi connectivity index (χ3n) is 4.28. The van der Waals surface area contributed by atoms with Gasteiger partial charge in [-0.05, 0) is 24.6 Å². The van der Waals surface area contributed by atoms with E-state index in [0.29, 0.717) is 13.1 Å². The number of hydrogen-bond donors (Lipinski definition) is 1. The van der Waals surface area contributed by atoms with Gasteiger partial charge in [-0.25, -0.2) is 4.98 Å². The smallest absolute Gasteiger partial charge is 0.234 e. The Kier molecular flexibility index (Phi) is 5.43. The summed E-state index contributed by atoms with van der Waals surface area (Å²) < 4.78 is 0. The molecule has 0 unspecified atom stereocenters. The van der Waals surface area contributed by atoms with Gasteiger partial charge in [-0.1, -0.05) is 35.9 Å². The van der Waals surface area contributed by atoms with Gasteiger partial charge in [-0.3, -0.25) is 9.69 Å². The largest absolute Gasteiger partial charge is 0.354 e. The van der Waals surface area contributed by atoms with Crippen molar-refractivity contribution < 1.29 is 4.79 Å². The molecular weight excluding hydrogens is 300 g/mol. The summed E-state index contributed by atoms with van der Waals surface area (Å²) in [7, 11) is 0. The van der Waals surface area contributed by atoms with Crippen LogP contribution in [0.15, 0.2) is 48.7 Å². The Morgan fingerprint density at radius 3 is 2.67 bits per heavy atom. The summed E-state index contributed by atoms with van der Waals surface area (Å²) in [6, 6.07) is 14.2. The molecule has 0 atom stereocenters. The van der Waals surface area contributed by atoms with Gasteiger partial charge in [0.2, 0.25) is 5.91 Å². The molecule has 0 saturated carbocycles. The molecule has 3 rings (SSSR count). The van der Waals surface area contributed by atoms with Crippen LogP contribution in [0.4, 0.5) is 5.82 Å². The van der Waals surface area contributed by atoms with Crippen LogP contribution < -0.4 is 10.2 Å². The van der Waals surface area contributed by atoms with E-state index in [9.17, 15) is 4.79 Å². The maximum Gasteiger partial charge on any atom is 0.234 e. The molecule has 24 heavy (non-hydrogen) atoms. The molecule has 1 aromatic heterocycles. The standard InChI is InChI=1S/C19H24N4O/c1-16-5-4-6-17(13-16)14-21-19(24)15-22-9-11-23(12-10-22)18-7-2-3-8-20-18/h2-8,13H,9-12,14-15H2,1H3,(H,21,24). The summed E-state index contributed by atoms with van der Waals surface area (Å²) in [5.74, 6) is 1.10. The lowest BCUT2D eigenvalue weighted by Gasteiger charge is -2.34. The van der Waals surface area contributed by atoms with Crippen LogP contribution in [0.1, 0.15) is 11.1 Å². The number of benzene rings is 1. The van der Waals surface area contributed by atoms with Crippen molar-refractivity contribution in [2.75, 3.05) is 37.6 Å². The number of carbonyl (C=O) groups is 1. The van der Waals surface area contributed by atoms with E-state index in [1.807, 2.05) is 36.5 Å². The number of pyridine rings is 1. The van der Waals surface area contributed by atoms with E-state index in [1.54, 1.807) is 0 Å². The Morgan fingerprint density at radius 1 is 1.12 bits per heavy atom. The molecule has 1 aliphatic rings. The van der Waals surface area contributed by atoms with Crippen LogP contribution in [0.2, 0.25) is 0 Å². The Balaban J connectivity index is 1.42. The summed E-state index contributed by atoms with van der Waals surface area (Å²) in [5, 5.41) is 3.01. The summed E-state index contributed by atoms with van der Waals surface area (Å²) >= 11 is 0. The Bertz CT molecular complexity index is 666. The van der Waals surface area contributed by atoms with Crippen molar-refractivity contribution in [1.29, 1.82) is 0 Å². The molecule has 1 fully saturated rings. The Labute approximate surface area is 143 Å². The second-order valence-electron chi connectivity index (χ2n) is 6.22. The van der Waals surface area contributed by atoms with E-state index in [4.69, 9.17) is 0 Å². The molecule has 0 spiro atoms. The van der Waals surface area contributed by atoms with Crippen LogP contribution >= 0.6 is 0 Å². The fraction of sp³-hybridized carbons (Fsp3) is 0.368. The van der Waals surface area contributed by atoms with Crippen molar-refractivity contribution in [2.45, 2.75) is 13.5 Å². The van der Waals surface area contributed by atoms with Gasteiger partial charge < -0.3 is 10.2 Å². The van der Waals surface area contributed by atoms with Crippen molar-refractivity contribution in [3.05, 3.63) is 59.8 Å². The van der Waals surface area contributed by atoms with E-state index in [0.717, 1.165) is 37.6 Å². The van der Waals surface area contributed by atoms with Crippen molar-refractivity contribution >= 4 is 11.7 Å². The topological polar surface area (TPSA) is 48.5 Å². The van der Waals surface area contributed by atoms with Crippen LogP contribution in [0.3, 0.4) is 0 Å². The lowest BCUT2D eigenvalue weighted by Crippen LogP contribution is -2.49. The number of hydrogen-bond acceptors (Lipinski definition) is 4. The van der Waals surface area contributed by atoms with Gasteiger partial charge in [0.25, 0.3) is 0 Å². The number of aromatic nitrogens is 1. The first kappa shape index (κ1) is 16.5. The molecule has 5 heteroatoms. The molecule has 2 aromatic rings. The normalized spacial score (nSPS) is 15.3. The van der Waals surface area contributed by atoms with Gasteiger partial charge in [0.1, 0.15) is 5.82 Å².